The highest BCUT2D eigenvalue weighted by Crippen LogP contribution is 2.47. The van der Waals surface area contributed by atoms with Gasteiger partial charge < -0.3 is 19.7 Å². The van der Waals surface area contributed by atoms with Crippen molar-refractivity contribution in [2.45, 2.75) is 19.6 Å². The van der Waals surface area contributed by atoms with Gasteiger partial charge in [-0.3, -0.25) is 0 Å². The van der Waals surface area contributed by atoms with Crippen LogP contribution in [-0.4, -0.2) is 10.9 Å². The summed E-state index contributed by atoms with van der Waals surface area (Å²) < 4.78 is 16.1. The van der Waals surface area contributed by atoms with Gasteiger partial charge in [-0.05, 0) is 17.7 Å². The van der Waals surface area contributed by atoms with Gasteiger partial charge in [0.2, 0.25) is 11.7 Å². The molecule has 2 N–H and O–H groups in total. The summed E-state index contributed by atoms with van der Waals surface area (Å²) in [5, 5.41) is 4.10. The molecule has 0 saturated carbocycles. The lowest BCUT2D eigenvalue weighted by Gasteiger charge is -2.16. The van der Waals surface area contributed by atoms with E-state index < -0.39 is 5.79 Å². The SMILES string of the molecule is CC1(C)Oc2cc(-c3cnoc3N)cc(Cl)c2O1. The van der Waals surface area contributed by atoms with Gasteiger partial charge in [0, 0.05) is 13.8 Å². The number of ether oxygens (including phenoxy) is 2. The van der Waals surface area contributed by atoms with Crippen LogP contribution in [0.3, 0.4) is 0 Å². The number of hydrogen-bond acceptors (Lipinski definition) is 5. The van der Waals surface area contributed by atoms with E-state index in [4.69, 9.17) is 31.3 Å². The van der Waals surface area contributed by atoms with Crippen LogP contribution in [0.5, 0.6) is 11.5 Å². The Morgan fingerprint density at radius 1 is 1.28 bits per heavy atom. The van der Waals surface area contributed by atoms with E-state index in [0.717, 1.165) is 5.56 Å². The highest BCUT2D eigenvalue weighted by molar-refractivity contribution is 6.32. The van der Waals surface area contributed by atoms with E-state index in [2.05, 4.69) is 5.16 Å². The average molecular weight is 267 g/mol. The third kappa shape index (κ3) is 1.67. The number of hydrogen-bond donors (Lipinski definition) is 1. The molecule has 1 aromatic heterocycles. The van der Waals surface area contributed by atoms with Crippen molar-refractivity contribution in [3.8, 4) is 22.6 Å². The van der Waals surface area contributed by atoms with Crippen LogP contribution in [0.4, 0.5) is 5.88 Å². The Balaban J connectivity index is 2.12. The van der Waals surface area contributed by atoms with Crippen LogP contribution in [-0.2, 0) is 0 Å². The van der Waals surface area contributed by atoms with Crippen molar-refractivity contribution in [2.24, 2.45) is 0 Å². The first-order chi connectivity index (χ1) is 8.46. The Bertz CT molecular complexity index is 622. The number of rotatable bonds is 1. The van der Waals surface area contributed by atoms with Crippen LogP contribution in [0.15, 0.2) is 22.9 Å². The molecule has 3 rings (SSSR count). The van der Waals surface area contributed by atoms with E-state index in [1.165, 1.54) is 6.20 Å². The van der Waals surface area contributed by atoms with Gasteiger partial charge in [-0.1, -0.05) is 16.8 Å². The first kappa shape index (κ1) is 11.2. The molecule has 0 radical (unpaired) electrons. The number of nitrogens with zero attached hydrogens (tertiary/aromatic N) is 1. The van der Waals surface area contributed by atoms with Gasteiger partial charge in [0.05, 0.1) is 16.8 Å². The van der Waals surface area contributed by atoms with Crippen molar-refractivity contribution in [3.05, 3.63) is 23.4 Å². The monoisotopic (exact) mass is 266 g/mol. The molecule has 18 heavy (non-hydrogen) atoms. The molecule has 0 spiro atoms. The number of anilines is 1. The average Bonchev–Trinajstić information content (AvgIpc) is 2.80. The van der Waals surface area contributed by atoms with Crippen molar-refractivity contribution in [1.29, 1.82) is 0 Å². The third-order valence-corrected chi connectivity index (χ3v) is 2.90. The van der Waals surface area contributed by atoms with E-state index in [1.54, 1.807) is 12.1 Å². The van der Waals surface area contributed by atoms with Gasteiger partial charge in [-0.2, -0.15) is 0 Å². The third-order valence-electron chi connectivity index (χ3n) is 2.62. The molecule has 0 atom stereocenters. The minimum Gasteiger partial charge on any atom is -0.449 e. The lowest BCUT2D eigenvalue weighted by molar-refractivity contribution is -0.0431. The summed E-state index contributed by atoms with van der Waals surface area (Å²) in [7, 11) is 0. The van der Waals surface area contributed by atoms with Crippen LogP contribution in [0.1, 0.15) is 13.8 Å². The summed E-state index contributed by atoms with van der Waals surface area (Å²) in [5.74, 6) is 0.651. The van der Waals surface area contributed by atoms with Crippen molar-refractivity contribution < 1.29 is 14.0 Å². The zero-order valence-electron chi connectivity index (χ0n) is 9.86. The van der Waals surface area contributed by atoms with Crippen molar-refractivity contribution in [2.75, 3.05) is 5.73 Å². The lowest BCUT2D eigenvalue weighted by Crippen LogP contribution is -2.29. The molecule has 0 amide bonds. The summed E-state index contributed by atoms with van der Waals surface area (Å²) in [5.41, 5.74) is 7.13. The van der Waals surface area contributed by atoms with Crippen molar-refractivity contribution in [1.82, 2.24) is 5.16 Å². The summed E-state index contributed by atoms with van der Waals surface area (Å²) in [6, 6.07) is 3.55. The molecule has 0 unspecified atom stereocenters. The van der Waals surface area contributed by atoms with E-state index in [9.17, 15) is 0 Å². The molecule has 0 bridgehead atoms. The molecule has 0 aliphatic carbocycles. The number of benzene rings is 1. The molecule has 5 nitrogen and oxygen atoms in total. The number of fused-ring (bicyclic) bond motifs is 1. The molecule has 2 heterocycles. The normalized spacial score (nSPS) is 15.9. The largest absolute Gasteiger partial charge is 0.449 e. The van der Waals surface area contributed by atoms with Gasteiger partial charge in [0.15, 0.2) is 11.5 Å². The number of nitrogens with two attached hydrogens (primary N) is 1. The molecule has 6 heteroatoms. The quantitative estimate of drug-likeness (QED) is 0.859. The topological polar surface area (TPSA) is 70.5 Å². The predicted octanol–water partition coefficient (Wildman–Crippen LogP) is 3.08. The zero-order valence-corrected chi connectivity index (χ0v) is 10.6. The van der Waals surface area contributed by atoms with Crippen LogP contribution < -0.4 is 15.2 Å². The maximum Gasteiger partial charge on any atom is 0.246 e. The maximum atomic E-state index is 6.17. The summed E-state index contributed by atoms with van der Waals surface area (Å²) >= 11 is 6.17. The van der Waals surface area contributed by atoms with E-state index in [0.29, 0.717) is 22.1 Å². The molecule has 1 aliphatic heterocycles. The zero-order chi connectivity index (χ0) is 12.9. The molecule has 0 fully saturated rings. The molecular formula is C12H11ClN2O3. The van der Waals surface area contributed by atoms with Crippen LogP contribution >= 0.6 is 11.6 Å². The van der Waals surface area contributed by atoms with Gasteiger partial charge in [-0.25, -0.2) is 0 Å². The Morgan fingerprint density at radius 2 is 2.06 bits per heavy atom. The fourth-order valence-corrected chi connectivity index (χ4v) is 2.14. The molecular weight excluding hydrogens is 256 g/mol. The Morgan fingerprint density at radius 3 is 2.72 bits per heavy atom. The maximum absolute atomic E-state index is 6.17. The standard InChI is InChI=1S/C12H11ClN2O3/c1-12(2)16-9-4-6(3-8(13)10(9)17-12)7-5-15-18-11(7)14/h3-5H,14H2,1-2H3. The minimum atomic E-state index is -0.717. The van der Waals surface area contributed by atoms with Gasteiger partial charge >= 0.3 is 0 Å². The molecule has 1 aromatic carbocycles. The van der Waals surface area contributed by atoms with Crippen molar-refractivity contribution in [3.63, 3.8) is 0 Å². The van der Waals surface area contributed by atoms with Crippen LogP contribution in [0.25, 0.3) is 11.1 Å². The van der Waals surface area contributed by atoms with Crippen LogP contribution in [0.2, 0.25) is 5.02 Å². The minimum absolute atomic E-state index is 0.240. The van der Waals surface area contributed by atoms with E-state index >= 15 is 0 Å². The Labute approximate surface area is 108 Å². The Kier molecular flexibility index (Phi) is 2.22. The number of aromatic nitrogens is 1. The van der Waals surface area contributed by atoms with Crippen molar-refractivity contribution >= 4 is 17.5 Å². The fraction of sp³-hybridized carbons (Fsp3) is 0.250. The highest BCUT2D eigenvalue weighted by Gasteiger charge is 2.34. The fourth-order valence-electron chi connectivity index (χ4n) is 1.90. The molecule has 1 aliphatic rings. The van der Waals surface area contributed by atoms with E-state index in [1.807, 2.05) is 13.8 Å². The second-order valence-corrected chi connectivity index (χ2v) is 4.90. The molecule has 2 aromatic rings. The molecule has 94 valence electrons. The number of halogens is 1. The predicted molar refractivity (Wildman–Crippen MR) is 66.7 cm³/mol. The van der Waals surface area contributed by atoms with Gasteiger partial charge in [0.25, 0.3) is 0 Å². The molecule has 0 saturated heterocycles. The van der Waals surface area contributed by atoms with Gasteiger partial charge in [-0.15, -0.1) is 0 Å². The Hall–Kier alpha value is -1.88. The van der Waals surface area contributed by atoms with E-state index in [-0.39, 0.29) is 5.88 Å². The van der Waals surface area contributed by atoms with Gasteiger partial charge in [0.1, 0.15) is 0 Å². The summed E-state index contributed by atoms with van der Waals surface area (Å²) in [6.45, 7) is 3.63. The number of nitrogen functional groups attached to an aromatic ring is 1. The summed E-state index contributed by atoms with van der Waals surface area (Å²) in [6.07, 6.45) is 1.54. The second kappa shape index (κ2) is 3.55. The second-order valence-electron chi connectivity index (χ2n) is 4.49. The highest BCUT2D eigenvalue weighted by atomic mass is 35.5. The lowest BCUT2D eigenvalue weighted by atomic mass is 10.1. The smallest absolute Gasteiger partial charge is 0.246 e. The first-order valence-electron chi connectivity index (χ1n) is 5.38. The first-order valence-corrected chi connectivity index (χ1v) is 5.76. The summed E-state index contributed by atoms with van der Waals surface area (Å²) in [4.78, 5) is 0. The van der Waals surface area contributed by atoms with Crippen LogP contribution in [0, 0.1) is 0 Å².